The van der Waals surface area contributed by atoms with Gasteiger partial charge in [-0.25, -0.2) is 0 Å². The molecule has 0 bridgehead atoms. The summed E-state index contributed by atoms with van der Waals surface area (Å²) < 4.78 is 7.44. The molecule has 128 valence electrons. The summed E-state index contributed by atoms with van der Waals surface area (Å²) in [5, 5.41) is 4.53. The second-order valence-electron chi connectivity index (χ2n) is 6.14. The summed E-state index contributed by atoms with van der Waals surface area (Å²) in [7, 11) is 0. The normalized spacial score (nSPS) is 15.4. The number of pyridine rings is 1. The van der Waals surface area contributed by atoms with E-state index < -0.39 is 0 Å². The van der Waals surface area contributed by atoms with E-state index in [0.717, 1.165) is 38.4 Å². The van der Waals surface area contributed by atoms with E-state index in [1.165, 1.54) is 10.6 Å². The standard InChI is InChI=1S/C18H19N5OS/c25-18-23(20-17(24-18)15-6-8-19-9-7-15)14-21-10-12-22(13-11-21)16-4-2-1-3-5-16/h1-9H,10-14H2/p+1. The lowest BCUT2D eigenvalue weighted by atomic mass is 10.2. The van der Waals surface area contributed by atoms with E-state index in [4.69, 9.17) is 16.6 Å². The molecule has 0 amide bonds. The van der Waals surface area contributed by atoms with E-state index >= 15 is 0 Å². The lowest BCUT2D eigenvalue weighted by molar-refractivity contribution is -0.924. The molecule has 0 aliphatic carbocycles. The molecule has 4 rings (SSSR count). The summed E-state index contributed by atoms with van der Waals surface area (Å²) in [6.45, 7) is 4.89. The fourth-order valence-electron chi connectivity index (χ4n) is 3.11. The average Bonchev–Trinajstić information content (AvgIpc) is 3.04. The van der Waals surface area contributed by atoms with Crippen molar-refractivity contribution in [3.8, 4) is 11.5 Å². The molecule has 0 radical (unpaired) electrons. The highest BCUT2D eigenvalue weighted by atomic mass is 32.1. The minimum Gasteiger partial charge on any atom is -0.409 e. The Bertz CT molecular complexity index is 869. The third kappa shape index (κ3) is 3.62. The van der Waals surface area contributed by atoms with Gasteiger partial charge in [-0.1, -0.05) is 18.2 Å². The van der Waals surface area contributed by atoms with Crippen molar-refractivity contribution in [2.45, 2.75) is 6.67 Å². The maximum absolute atomic E-state index is 5.65. The van der Waals surface area contributed by atoms with Crippen molar-refractivity contribution in [2.75, 3.05) is 31.1 Å². The Balaban J connectivity index is 1.41. The van der Waals surface area contributed by atoms with E-state index in [1.54, 1.807) is 17.1 Å². The van der Waals surface area contributed by atoms with Crippen LogP contribution < -0.4 is 9.80 Å². The molecule has 7 heteroatoms. The van der Waals surface area contributed by atoms with Crippen LogP contribution in [0.4, 0.5) is 5.69 Å². The smallest absolute Gasteiger partial charge is 0.292 e. The van der Waals surface area contributed by atoms with Crippen molar-refractivity contribution in [2.24, 2.45) is 0 Å². The number of hydrogen-bond donors (Lipinski definition) is 1. The lowest BCUT2D eigenvalue weighted by Gasteiger charge is -2.33. The first-order valence-electron chi connectivity index (χ1n) is 8.41. The number of aromatic nitrogens is 3. The topological polar surface area (TPSA) is 51.5 Å². The van der Waals surface area contributed by atoms with Gasteiger partial charge >= 0.3 is 0 Å². The summed E-state index contributed by atoms with van der Waals surface area (Å²) in [5.41, 5.74) is 2.18. The summed E-state index contributed by atoms with van der Waals surface area (Å²) in [5.74, 6) is 0.551. The number of benzene rings is 1. The molecule has 2 aromatic heterocycles. The zero-order valence-electron chi connectivity index (χ0n) is 13.8. The molecule has 1 aliphatic heterocycles. The number of para-hydroxylation sites is 1. The zero-order valence-corrected chi connectivity index (χ0v) is 14.7. The number of rotatable bonds is 4. The fraction of sp³-hybridized carbons (Fsp3) is 0.278. The van der Waals surface area contributed by atoms with Gasteiger partial charge in [-0.15, -0.1) is 5.10 Å². The maximum atomic E-state index is 5.65. The first-order valence-corrected chi connectivity index (χ1v) is 8.82. The van der Waals surface area contributed by atoms with Crippen molar-refractivity contribution in [3.63, 3.8) is 0 Å². The molecular formula is C18H20N5OS+. The van der Waals surface area contributed by atoms with Crippen LogP contribution in [0.15, 0.2) is 59.3 Å². The van der Waals surface area contributed by atoms with Crippen molar-refractivity contribution in [1.82, 2.24) is 14.8 Å². The Labute approximate surface area is 151 Å². The minimum atomic E-state index is 0.421. The number of hydrogen-bond acceptors (Lipinski definition) is 5. The monoisotopic (exact) mass is 354 g/mol. The molecule has 1 fully saturated rings. The fourth-order valence-corrected chi connectivity index (χ4v) is 3.29. The summed E-state index contributed by atoms with van der Waals surface area (Å²) in [6.07, 6.45) is 3.45. The van der Waals surface area contributed by atoms with E-state index in [2.05, 4.69) is 45.3 Å². The average molecular weight is 354 g/mol. The molecule has 1 saturated heterocycles. The van der Waals surface area contributed by atoms with Crippen molar-refractivity contribution < 1.29 is 9.32 Å². The second kappa shape index (κ2) is 7.16. The molecule has 25 heavy (non-hydrogen) atoms. The van der Waals surface area contributed by atoms with Gasteiger partial charge in [0.1, 0.15) is 0 Å². The molecule has 1 N–H and O–H groups in total. The Hall–Kier alpha value is -2.51. The molecule has 6 nitrogen and oxygen atoms in total. The second-order valence-corrected chi connectivity index (χ2v) is 6.49. The molecular weight excluding hydrogens is 334 g/mol. The highest BCUT2D eigenvalue weighted by molar-refractivity contribution is 7.71. The van der Waals surface area contributed by atoms with Gasteiger partial charge in [0.05, 0.1) is 26.2 Å². The van der Waals surface area contributed by atoms with Crippen LogP contribution in [0.1, 0.15) is 0 Å². The minimum absolute atomic E-state index is 0.421. The molecule has 0 saturated carbocycles. The number of nitrogens with zero attached hydrogens (tertiary/aromatic N) is 4. The molecule has 3 aromatic rings. The van der Waals surface area contributed by atoms with E-state index in [0.29, 0.717) is 10.7 Å². The number of piperazine rings is 1. The van der Waals surface area contributed by atoms with E-state index in [-0.39, 0.29) is 0 Å². The van der Waals surface area contributed by atoms with E-state index in [9.17, 15) is 0 Å². The molecule has 0 spiro atoms. The zero-order chi connectivity index (χ0) is 17.1. The largest absolute Gasteiger partial charge is 0.409 e. The number of anilines is 1. The first kappa shape index (κ1) is 16.0. The van der Waals surface area contributed by atoms with Gasteiger partial charge in [-0.2, -0.15) is 4.68 Å². The number of quaternary nitrogens is 1. The number of nitrogens with one attached hydrogen (secondary N) is 1. The van der Waals surface area contributed by atoms with Crippen LogP contribution in [0.25, 0.3) is 11.5 Å². The summed E-state index contributed by atoms with van der Waals surface area (Å²) >= 11 is 5.34. The molecule has 0 unspecified atom stereocenters. The van der Waals surface area contributed by atoms with E-state index in [1.807, 2.05) is 12.1 Å². The van der Waals surface area contributed by atoms with Crippen LogP contribution in [0.2, 0.25) is 0 Å². The van der Waals surface area contributed by atoms with Crippen LogP contribution in [0.3, 0.4) is 0 Å². The van der Waals surface area contributed by atoms with Crippen molar-refractivity contribution >= 4 is 17.9 Å². The van der Waals surface area contributed by atoms with Gasteiger partial charge in [0.2, 0.25) is 5.89 Å². The van der Waals surface area contributed by atoms with Gasteiger partial charge in [0.15, 0.2) is 6.67 Å². The van der Waals surface area contributed by atoms with Crippen molar-refractivity contribution in [1.29, 1.82) is 0 Å². The Morgan fingerprint density at radius 2 is 1.76 bits per heavy atom. The van der Waals surface area contributed by atoms with Crippen LogP contribution in [0.5, 0.6) is 0 Å². The molecule has 1 aliphatic rings. The van der Waals surface area contributed by atoms with Crippen LogP contribution in [0, 0.1) is 4.84 Å². The third-order valence-corrected chi connectivity index (χ3v) is 4.79. The summed E-state index contributed by atoms with van der Waals surface area (Å²) in [6, 6.07) is 14.3. The van der Waals surface area contributed by atoms with Crippen molar-refractivity contribution in [3.05, 3.63) is 59.7 Å². The van der Waals surface area contributed by atoms with Crippen LogP contribution in [-0.4, -0.2) is 40.9 Å². The van der Waals surface area contributed by atoms with Gasteiger partial charge in [0.25, 0.3) is 4.84 Å². The summed E-state index contributed by atoms with van der Waals surface area (Å²) in [4.78, 5) is 8.32. The first-order chi connectivity index (χ1) is 12.3. The Kier molecular flexibility index (Phi) is 4.58. The third-order valence-electron chi connectivity index (χ3n) is 4.50. The van der Waals surface area contributed by atoms with Gasteiger partial charge in [-0.3, -0.25) is 4.98 Å². The highest BCUT2D eigenvalue weighted by Gasteiger charge is 2.21. The van der Waals surface area contributed by atoms with Crippen LogP contribution in [-0.2, 0) is 6.67 Å². The molecule has 1 aromatic carbocycles. The van der Waals surface area contributed by atoms with Gasteiger partial charge in [-0.05, 0) is 36.5 Å². The predicted molar refractivity (Wildman–Crippen MR) is 97.9 cm³/mol. The lowest BCUT2D eigenvalue weighted by Crippen LogP contribution is -3.14. The molecule has 0 atom stereocenters. The predicted octanol–water partition coefficient (Wildman–Crippen LogP) is 1.63. The van der Waals surface area contributed by atoms with Crippen LogP contribution >= 0.6 is 12.2 Å². The highest BCUT2D eigenvalue weighted by Crippen LogP contribution is 2.16. The Morgan fingerprint density at radius 1 is 1.04 bits per heavy atom. The maximum Gasteiger partial charge on any atom is 0.292 e. The molecule has 3 heterocycles. The Morgan fingerprint density at radius 3 is 2.48 bits per heavy atom. The SMILES string of the molecule is S=c1oc(-c2ccncc2)nn1C[NH+]1CCN(c2ccccc2)CC1. The van der Waals surface area contributed by atoms with Gasteiger partial charge < -0.3 is 14.2 Å². The quantitative estimate of drug-likeness (QED) is 0.722. The van der Waals surface area contributed by atoms with Gasteiger partial charge in [0, 0.05) is 23.6 Å².